The van der Waals surface area contributed by atoms with Crippen molar-refractivity contribution in [2.45, 2.75) is 9.79 Å². The van der Waals surface area contributed by atoms with Crippen LogP contribution in [0.15, 0.2) is 184 Å². The van der Waals surface area contributed by atoms with Crippen LogP contribution in [0.25, 0.3) is 71.7 Å². The Morgan fingerprint density at radius 3 is 2.19 bits per heavy atom. The van der Waals surface area contributed by atoms with Gasteiger partial charge in [0.25, 0.3) is 6.71 Å². The lowest BCUT2D eigenvalue weighted by molar-refractivity contribution is 0.480. The van der Waals surface area contributed by atoms with E-state index in [-0.39, 0.29) is 36.4 Å². The number of hydrogen-bond donors (Lipinski definition) is 0. The number of ether oxygens (including phenoxy) is 1. The van der Waals surface area contributed by atoms with Gasteiger partial charge in [-0.25, -0.2) is 0 Å². The minimum Gasteiger partial charge on any atom is -0.454 e. The van der Waals surface area contributed by atoms with Crippen LogP contribution in [0.4, 0.5) is 0 Å². The van der Waals surface area contributed by atoms with Gasteiger partial charge in [0.2, 0.25) is 0 Å². The van der Waals surface area contributed by atoms with Gasteiger partial charge >= 0.3 is 0 Å². The van der Waals surface area contributed by atoms with E-state index in [1.807, 2.05) is 54.6 Å². The van der Waals surface area contributed by atoms with Crippen molar-refractivity contribution in [1.82, 2.24) is 4.57 Å². The molecule has 0 saturated heterocycles. The highest BCUT2D eigenvalue weighted by Gasteiger charge is 2.42. The number of nitrogens with zero attached hydrogens (tertiary/aromatic N) is 1. The third-order valence-electron chi connectivity index (χ3n) is 10.8. The van der Waals surface area contributed by atoms with Gasteiger partial charge in [0.05, 0.1) is 17.9 Å². The van der Waals surface area contributed by atoms with Crippen molar-refractivity contribution in [3.63, 3.8) is 0 Å². The molecule has 0 N–H and O–H groups in total. The van der Waals surface area contributed by atoms with Gasteiger partial charge in [-0.2, -0.15) is 0 Å². The van der Waals surface area contributed by atoms with Crippen LogP contribution in [0.3, 0.4) is 0 Å². The second-order valence-electron chi connectivity index (χ2n) is 13.6. The molecule has 8 aromatic carbocycles. The predicted octanol–water partition coefficient (Wildman–Crippen LogP) is 11.1. The molecule has 4 heterocycles. The maximum Gasteiger partial charge on any atom is 0.254 e. The van der Waals surface area contributed by atoms with Gasteiger partial charge in [-0.1, -0.05) is 144 Å². The molecular formula is C48H28BNO2S. The summed E-state index contributed by atoms with van der Waals surface area (Å²) in [6, 6.07) is 46.2. The first-order valence-corrected chi connectivity index (χ1v) is 18.4. The molecule has 2 aromatic heterocycles. The summed E-state index contributed by atoms with van der Waals surface area (Å²) in [6.07, 6.45) is 0. The molecule has 2 aliphatic heterocycles. The van der Waals surface area contributed by atoms with Crippen molar-refractivity contribution >= 4 is 78.6 Å². The second kappa shape index (κ2) is 11.0. The summed E-state index contributed by atoms with van der Waals surface area (Å²) < 4.78 is 60.1. The molecule has 246 valence electrons. The number of para-hydroxylation sites is 3. The van der Waals surface area contributed by atoms with Crippen LogP contribution in [-0.4, -0.2) is 11.3 Å². The fourth-order valence-corrected chi connectivity index (χ4v) is 9.76. The highest BCUT2D eigenvalue weighted by atomic mass is 32.2. The largest absolute Gasteiger partial charge is 0.454 e. The van der Waals surface area contributed by atoms with Gasteiger partial charge < -0.3 is 13.7 Å². The molecule has 0 unspecified atom stereocenters. The van der Waals surface area contributed by atoms with Gasteiger partial charge in [0.15, 0.2) is 11.3 Å². The highest BCUT2D eigenvalue weighted by molar-refractivity contribution is 8.00. The van der Waals surface area contributed by atoms with Crippen molar-refractivity contribution < 1.29 is 16.0 Å². The van der Waals surface area contributed by atoms with E-state index in [0.29, 0.717) is 27.9 Å². The standard InChI is InChI=1S/C48H28BNO2S/c1-4-14-29(15-5-1)31-24-42-46-44(25-31)53-43-28-40-36(33-20-10-12-22-39(33)50(40)32-18-8-3-9-19-32)27-37(43)49(46)38-26-35(30-16-6-2-7-17-30)45-34-21-11-13-23-41(34)51-48(45)47(38)52-42/h1-28H/i2D,6D,7D,16D,17D. The number of aromatic nitrogens is 1. The predicted molar refractivity (Wildman–Crippen MR) is 221 cm³/mol. The molecule has 0 saturated carbocycles. The first kappa shape index (κ1) is 24.7. The van der Waals surface area contributed by atoms with Crippen molar-refractivity contribution in [2.24, 2.45) is 0 Å². The molecule has 0 amide bonds. The van der Waals surface area contributed by atoms with Crippen LogP contribution < -0.4 is 21.1 Å². The molecule has 0 atom stereocenters. The summed E-state index contributed by atoms with van der Waals surface area (Å²) in [5.74, 6) is 1.29. The first-order valence-electron chi connectivity index (χ1n) is 20.1. The first-order chi connectivity index (χ1) is 28.4. The minimum atomic E-state index is -0.432. The lowest BCUT2D eigenvalue weighted by Gasteiger charge is -2.34. The number of benzene rings is 8. The summed E-state index contributed by atoms with van der Waals surface area (Å²) in [5.41, 5.74) is 10.0. The SMILES string of the molecule is [2H]c1c([2H])c([2H])c(-c2cc3c(c4oc5ccccc5c24)Oc2cc(-c4ccccc4)cc4c2B3c2cc3c5ccccc5n(-c5ccccc5)c3cc2S4)c([2H])c1[2H]. The monoisotopic (exact) mass is 698 g/mol. The Kier molecular flexibility index (Phi) is 5.15. The zero-order valence-corrected chi connectivity index (χ0v) is 28.8. The lowest BCUT2D eigenvalue weighted by atomic mass is 9.35. The molecule has 12 rings (SSSR count). The smallest absolute Gasteiger partial charge is 0.254 e. The second-order valence-corrected chi connectivity index (χ2v) is 14.7. The Hall–Kier alpha value is -6.43. The van der Waals surface area contributed by atoms with E-state index in [1.54, 1.807) is 11.8 Å². The number of furan rings is 1. The molecule has 53 heavy (non-hydrogen) atoms. The topological polar surface area (TPSA) is 27.3 Å². The van der Waals surface area contributed by atoms with Crippen LogP contribution in [-0.2, 0) is 0 Å². The number of fused-ring (bicyclic) bond motifs is 11. The summed E-state index contributed by atoms with van der Waals surface area (Å²) >= 11 is 1.73. The third kappa shape index (κ3) is 4.20. The zero-order chi connectivity index (χ0) is 39.0. The molecule has 0 fully saturated rings. The van der Waals surface area contributed by atoms with E-state index in [1.165, 1.54) is 0 Å². The van der Waals surface area contributed by atoms with Gasteiger partial charge in [-0.05, 0) is 75.6 Å². The van der Waals surface area contributed by atoms with Crippen LogP contribution in [0.2, 0.25) is 0 Å². The van der Waals surface area contributed by atoms with Crippen molar-refractivity contribution in [1.29, 1.82) is 0 Å². The zero-order valence-electron chi connectivity index (χ0n) is 33.0. The normalized spacial score (nSPS) is 14.3. The maximum absolute atomic E-state index is 9.13. The van der Waals surface area contributed by atoms with Crippen molar-refractivity contribution in [3.8, 4) is 39.4 Å². The molecule has 2 aliphatic rings. The fraction of sp³-hybridized carbons (Fsp3) is 0. The molecular weight excluding hydrogens is 665 g/mol. The van der Waals surface area contributed by atoms with Crippen LogP contribution in [0, 0.1) is 0 Å². The third-order valence-corrected chi connectivity index (χ3v) is 11.9. The lowest BCUT2D eigenvalue weighted by Crippen LogP contribution is -2.57. The Bertz CT molecular complexity index is 3390. The van der Waals surface area contributed by atoms with E-state index < -0.39 is 6.04 Å². The van der Waals surface area contributed by atoms with Crippen LogP contribution in [0.5, 0.6) is 11.5 Å². The van der Waals surface area contributed by atoms with Gasteiger partial charge in [-0.15, -0.1) is 0 Å². The molecule has 0 aliphatic carbocycles. The van der Waals surface area contributed by atoms with Crippen LogP contribution >= 0.6 is 11.8 Å². The summed E-state index contributed by atoms with van der Waals surface area (Å²) in [6.45, 7) is -0.334. The molecule has 0 radical (unpaired) electrons. The highest BCUT2D eigenvalue weighted by Crippen LogP contribution is 2.47. The van der Waals surface area contributed by atoms with Crippen molar-refractivity contribution in [2.75, 3.05) is 0 Å². The summed E-state index contributed by atoms with van der Waals surface area (Å²) in [4.78, 5) is 2.17. The van der Waals surface area contributed by atoms with Gasteiger partial charge in [0.1, 0.15) is 11.3 Å². The number of hydrogen-bond acceptors (Lipinski definition) is 3. The van der Waals surface area contributed by atoms with E-state index in [9.17, 15) is 0 Å². The Balaban J connectivity index is 1.22. The Morgan fingerprint density at radius 1 is 0.585 bits per heavy atom. The van der Waals surface area contributed by atoms with Gasteiger partial charge in [0, 0.05) is 37.0 Å². The minimum absolute atomic E-state index is 0.127. The Labute approximate surface area is 317 Å². The molecule has 0 spiro atoms. The van der Waals surface area contributed by atoms with Crippen LogP contribution in [0.1, 0.15) is 6.85 Å². The molecule has 5 heteroatoms. The molecule has 0 bridgehead atoms. The average molecular weight is 699 g/mol. The average Bonchev–Trinajstić information content (AvgIpc) is 3.81. The van der Waals surface area contributed by atoms with E-state index in [4.69, 9.17) is 16.0 Å². The molecule has 10 aromatic rings. The van der Waals surface area contributed by atoms with E-state index >= 15 is 0 Å². The van der Waals surface area contributed by atoms with Gasteiger partial charge in [-0.3, -0.25) is 0 Å². The Morgan fingerprint density at radius 2 is 1.34 bits per heavy atom. The van der Waals surface area contributed by atoms with E-state index in [0.717, 1.165) is 75.9 Å². The number of rotatable bonds is 3. The summed E-state index contributed by atoms with van der Waals surface area (Å²) in [7, 11) is 0. The maximum atomic E-state index is 9.13. The van der Waals surface area contributed by atoms with Crippen molar-refractivity contribution in [3.05, 3.63) is 170 Å². The quantitative estimate of drug-likeness (QED) is 0.172. The fourth-order valence-electron chi connectivity index (χ4n) is 8.54. The molecule has 3 nitrogen and oxygen atoms in total. The summed E-state index contributed by atoms with van der Waals surface area (Å²) in [5, 5.41) is 3.67. The van der Waals surface area contributed by atoms with E-state index in [2.05, 4.69) is 89.5 Å².